The van der Waals surface area contributed by atoms with Crippen molar-refractivity contribution in [3.63, 3.8) is 0 Å². The van der Waals surface area contributed by atoms with Gasteiger partial charge in [-0.25, -0.2) is 4.39 Å². The van der Waals surface area contributed by atoms with Crippen LogP contribution in [-0.2, 0) is 9.53 Å². The standard InChI is InChI=1S/C23H36FN3O2/c1-29-18-4-7-23(28)25-20-10-8-19(9-11-20)12-13-26-14-16-27(17-15-26)22-6-3-2-5-21(22)24/h2-3,5-6,19-20H,4,7-18H2,1H3,(H,25,28)/t19-,20-. The van der Waals surface area contributed by atoms with Gasteiger partial charge in [-0.2, -0.15) is 0 Å². The monoisotopic (exact) mass is 405 g/mol. The van der Waals surface area contributed by atoms with Crippen molar-refractivity contribution in [2.45, 2.75) is 51.0 Å². The Labute approximate surface area is 174 Å². The molecule has 0 spiro atoms. The summed E-state index contributed by atoms with van der Waals surface area (Å²) in [7, 11) is 1.67. The highest BCUT2D eigenvalue weighted by Crippen LogP contribution is 2.27. The van der Waals surface area contributed by atoms with Gasteiger partial charge in [0, 0.05) is 52.4 Å². The van der Waals surface area contributed by atoms with E-state index in [4.69, 9.17) is 4.74 Å². The summed E-state index contributed by atoms with van der Waals surface area (Å²) in [6.07, 6.45) is 7.20. The number of hydrogen-bond donors (Lipinski definition) is 1. The SMILES string of the molecule is COCCCC(=O)N[C@H]1CC[C@H](CCN2CCN(c3ccccc3F)CC2)CC1. The number of rotatable bonds is 9. The van der Waals surface area contributed by atoms with Crippen molar-refractivity contribution < 1.29 is 13.9 Å². The minimum Gasteiger partial charge on any atom is -0.385 e. The second-order valence-electron chi connectivity index (χ2n) is 8.45. The lowest BCUT2D eigenvalue weighted by Gasteiger charge is -2.37. The normalized spacial score (nSPS) is 23.2. The van der Waals surface area contributed by atoms with Crippen LogP contribution in [0.2, 0.25) is 0 Å². The predicted molar refractivity (Wildman–Crippen MR) is 115 cm³/mol. The summed E-state index contributed by atoms with van der Waals surface area (Å²) in [5.74, 6) is 0.808. The van der Waals surface area contributed by atoms with Crippen LogP contribution in [0.1, 0.15) is 44.9 Å². The summed E-state index contributed by atoms with van der Waals surface area (Å²) in [6.45, 7) is 5.56. The molecule has 1 amide bonds. The van der Waals surface area contributed by atoms with Crippen LogP contribution in [0.25, 0.3) is 0 Å². The van der Waals surface area contributed by atoms with Gasteiger partial charge in [-0.15, -0.1) is 0 Å². The van der Waals surface area contributed by atoms with E-state index in [0.717, 1.165) is 63.6 Å². The number of para-hydroxylation sites is 1. The van der Waals surface area contributed by atoms with Crippen molar-refractivity contribution in [3.8, 4) is 0 Å². The summed E-state index contributed by atoms with van der Waals surface area (Å²) in [5, 5.41) is 3.19. The zero-order valence-corrected chi connectivity index (χ0v) is 17.7. The molecule has 1 saturated heterocycles. The Morgan fingerprint density at radius 1 is 1.14 bits per heavy atom. The maximum Gasteiger partial charge on any atom is 0.220 e. The summed E-state index contributed by atoms with van der Waals surface area (Å²) in [4.78, 5) is 16.6. The fourth-order valence-corrected chi connectivity index (χ4v) is 4.56. The lowest BCUT2D eigenvalue weighted by Crippen LogP contribution is -2.47. The summed E-state index contributed by atoms with van der Waals surface area (Å²) < 4.78 is 19.0. The smallest absolute Gasteiger partial charge is 0.220 e. The van der Waals surface area contributed by atoms with Crippen LogP contribution >= 0.6 is 0 Å². The van der Waals surface area contributed by atoms with Gasteiger partial charge in [-0.1, -0.05) is 12.1 Å². The quantitative estimate of drug-likeness (QED) is 0.640. The molecule has 1 aromatic carbocycles. The molecule has 2 aliphatic rings. The molecule has 6 heteroatoms. The molecular formula is C23H36FN3O2. The molecule has 1 aliphatic carbocycles. The molecule has 5 nitrogen and oxygen atoms in total. The van der Waals surface area contributed by atoms with Gasteiger partial charge in [0.15, 0.2) is 0 Å². The van der Waals surface area contributed by atoms with Crippen LogP contribution in [0.4, 0.5) is 10.1 Å². The van der Waals surface area contributed by atoms with Crippen LogP contribution in [0, 0.1) is 11.7 Å². The highest BCUT2D eigenvalue weighted by Gasteiger charge is 2.24. The Morgan fingerprint density at radius 3 is 2.55 bits per heavy atom. The second-order valence-corrected chi connectivity index (χ2v) is 8.45. The van der Waals surface area contributed by atoms with Crippen LogP contribution in [0.3, 0.4) is 0 Å². The first-order valence-electron chi connectivity index (χ1n) is 11.2. The lowest BCUT2D eigenvalue weighted by atomic mass is 9.84. The number of anilines is 1. The Balaban J connectivity index is 1.29. The molecule has 1 aromatic rings. The Bertz CT molecular complexity index is 626. The molecule has 1 heterocycles. The third-order valence-electron chi connectivity index (χ3n) is 6.38. The number of methoxy groups -OCH3 is 1. The van der Waals surface area contributed by atoms with Crippen molar-refractivity contribution >= 4 is 11.6 Å². The van der Waals surface area contributed by atoms with Gasteiger partial charge in [-0.3, -0.25) is 9.69 Å². The van der Waals surface area contributed by atoms with E-state index >= 15 is 0 Å². The van der Waals surface area contributed by atoms with Crippen LogP contribution in [0.15, 0.2) is 24.3 Å². The van der Waals surface area contributed by atoms with Crippen LogP contribution < -0.4 is 10.2 Å². The first-order valence-corrected chi connectivity index (χ1v) is 11.2. The summed E-state index contributed by atoms with van der Waals surface area (Å²) in [5.41, 5.74) is 0.731. The van der Waals surface area contributed by atoms with Crippen molar-refractivity contribution in [2.75, 3.05) is 51.3 Å². The number of nitrogens with one attached hydrogen (secondary N) is 1. The molecule has 29 heavy (non-hydrogen) atoms. The Kier molecular flexibility index (Phi) is 8.74. The van der Waals surface area contributed by atoms with Crippen molar-refractivity contribution in [2.24, 2.45) is 5.92 Å². The number of halogens is 1. The molecule has 0 unspecified atom stereocenters. The third kappa shape index (κ3) is 6.96. The van der Waals surface area contributed by atoms with E-state index in [1.165, 1.54) is 19.3 Å². The van der Waals surface area contributed by atoms with Crippen molar-refractivity contribution in [1.29, 1.82) is 0 Å². The maximum atomic E-state index is 14.0. The minimum atomic E-state index is -0.122. The summed E-state index contributed by atoms with van der Waals surface area (Å²) in [6, 6.07) is 7.42. The predicted octanol–water partition coefficient (Wildman–Crippen LogP) is 3.44. The van der Waals surface area contributed by atoms with E-state index < -0.39 is 0 Å². The number of benzene rings is 1. The lowest BCUT2D eigenvalue weighted by molar-refractivity contribution is -0.122. The van der Waals surface area contributed by atoms with Crippen LogP contribution in [-0.4, -0.2) is 63.3 Å². The van der Waals surface area contributed by atoms with Crippen molar-refractivity contribution in [1.82, 2.24) is 10.2 Å². The molecule has 1 N–H and O–H groups in total. The third-order valence-corrected chi connectivity index (χ3v) is 6.38. The first kappa shape index (κ1) is 22.0. The van der Waals surface area contributed by atoms with Gasteiger partial charge in [0.1, 0.15) is 5.82 Å². The average Bonchev–Trinajstić information content (AvgIpc) is 2.74. The zero-order chi connectivity index (χ0) is 20.5. The Morgan fingerprint density at radius 2 is 1.86 bits per heavy atom. The van der Waals surface area contributed by atoms with Gasteiger partial charge in [-0.05, 0) is 63.1 Å². The number of carbonyl (C=O) groups excluding carboxylic acids is 1. The van der Waals surface area contributed by atoms with E-state index in [0.29, 0.717) is 19.1 Å². The topological polar surface area (TPSA) is 44.8 Å². The zero-order valence-electron chi connectivity index (χ0n) is 17.7. The molecule has 0 radical (unpaired) electrons. The first-order chi connectivity index (χ1) is 14.2. The van der Waals surface area contributed by atoms with E-state index in [2.05, 4.69) is 15.1 Å². The molecule has 162 valence electrons. The van der Waals surface area contributed by atoms with E-state index in [-0.39, 0.29) is 11.7 Å². The highest BCUT2D eigenvalue weighted by molar-refractivity contribution is 5.76. The van der Waals surface area contributed by atoms with Gasteiger partial charge in [0.05, 0.1) is 5.69 Å². The molecule has 0 aromatic heterocycles. The fraction of sp³-hybridized carbons (Fsp3) is 0.696. The van der Waals surface area contributed by atoms with E-state index in [1.54, 1.807) is 19.2 Å². The molecule has 2 fully saturated rings. The molecule has 0 bridgehead atoms. The van der Waals surface area contributed by atoms with E-state index in [9.17, 15) is 9.18 Å². The minimum absolute atomic E-state index is 0.122. The number of nitrogens with zero attached hydrogens (tertiary/aromatic N) is 2. The van der Waals surface area contributed by atoms with Gasteiger partial charge < -0.3 is 15.0 Å². The molecule has 1 aliphatic heterocycles. The van der Waals surface area contributed by atoms with Crippen LogP contribution in [0.5, 0.6) is 0 Å². The number of hydrogen-bond acceptors (Lipinski definition) is 4. The van der Waals surface area contributed by atoms with E-state index in [1.807, 2.05) is 12.1 Å². The summed E-state index contributed by atoms with van der Waals surface area (Å²) >= 11 is 0. The van der Waals surface area contributed by atoms with Gasteiger partial charge in [0.2, 0.25) is 5.91 Å². The largest absolute Gasteiger partial charge is 0.385 e. The second kappa shape index (κ2) is 11.5. The number of carbonyl (C=O) groups is 1. The molecular weight excluding hydrogens is 369 g/mol. The van der Waals surface area contributed by atoms with Gasteiger partial charge in [0.25, 0.3) is 0 Å². The number of piperazine rings is 1. The number of amides is 1. The van der Waals surface area contributed by atoms with Crippen molar-refractivity contribution in [3.05, 3.63) is 30.1 Å². The maximum absolute atomic E-state index is 14.0. The molecule has 1 saturated carbocycles. The van der Waals surface area contributed by atoms with Gasteiger partial charge >= 0.3 is 0 Å². The Hall–Kier alpha value is -1.66. The molecule has 3 rings (SSSR count). The molecule has 0 atom stereocenters. The fourth-order valence-electron chi connectivity index (χ4n) is 4.56. The highest BCUT2D eigenvalue weighted by atomic mass is 19.1. The average molecular weight is 406 g/mol. The number of ether oxygens (including phenoxy) is 1.